The largest absolute Gasteiger partial charge is 0.489 e. The maximum atomic E-state index is 11.8. The molecule has 0 spiro atoms. The number of aromatic amines is 1. The lowest BCUT2D eigenvalue weighted by atomic mass is 9.93. The van der Waals surface area contributed by atoms with Crippen LogP contribution in [0.1, 0.15) is 38.5 Å². The highest BCUT2D eigenvalue weighted by Crippen LogP contribution is 2.34. The van der Waals surface area contributed by atoms with Crippen molar-refractivity contribution in [1.29, 1.82) is 0 Å². The van der Waals surface area contributed by atoms with Crippen LogP contribution in [0, 0.1) is 5.92 Å². The summed E-state index contributed by atoms with van der Waals surface area (Å²) >= 11 is 6.46. The van der Waals surface area contributed by atoms with Crippen LogP contribution in [-0.4, -0.2) is 23.7 Å². The number of benzene rings is 1. The molecule has 24 heavy (non-hydrogen) atoms. The first-order valence-corrected chi connectivity index (χ1v) is 9.28. The summed E-state index contributed by atoms with van der Waals surface area (Å²) in [6, 6.07) is 6.07. The summed E-state index contributed by atoms with van der Waals surface area (Å²) in [5, 5.41) is 5.57. The number of aromatic nitrogens is 1. The molecule has 0 unspecified atom stereocenters. The first-order chi connectivity index (χ1) is 11.7. The molecule has 2 aliphatic carbocycles. The molecule has 2 fully saturated rings. The number of hydrogen-bond donors (Lipinski definition) is 2. The van der Waals surface area contributed by atoms with Gasteiger partial charge in [-0.05, 0) is 69.2 Å². The van der Waals surface area contributed by atoms with Gasteiger partial charge in [0.05, 0.1) is 11.1 Å². The van der Waals surface area contributed by atoms with Crippen LogP contribution >= 0.6 is 11.6 Å². The maximum absolute atomic E-state index is 11.8. The normalized spacial score (nSPS) is 24.2. The Balaban J connectivity index is 1.40. The maximum Gasteiger partial charge on any atom is 0.255 e. The van der Waals surface area contributed by atoms with E-state index in [0.717, 1.165) is 37.0 Å². The Kier molecular flexibility index (Phi) is 4.51. The molecule has 1 aromatic carbocycles. The lowest BCUT2D eigenvalue weighted by Crippen LogP contribution is -2.37. The van der Waals surface area contributed by atoms with Crippen molar-refractivity contribution in [3.05, 3.63) is 39.8 Å². The van der Waals surface area contributed by atoms with Gasteiger partial charge in [0.15, 0.2) is 0 Å². The Morgan fingerprint density at radius 2 is 1.88 bits per heavy atom. The van der Waals surface area contributed by atoms with E-state index in [-0.39, 0.29) is 11.7 Å². The Labute approximate surface area is 146 Å². The van der Waals surface area contributed by atoms with Crippen molar-refractivity contribution in [3.63, 3.8) is 0 Å². The predicted molar refractivity (Wildman–Crippen MR) is 97.0 cm³/mol. The minimum Gasteiger partial charge on any atom is -0.489 e. The number of halogens is 1. The molecule has 1 aromatic heterocycles. The molecular weight excluding hydrogens is 324 g/mol. The van der Waals surface area contributed by atoms with Crippen molar-refractivity contribution in [2.24, 2.45) is 5.92 Å². The van der Waals surface area contributed by atoms with E-state index < -0.39 is 0 Å². The van der Waals surface area contributed by atoms with E-state index in [9.17, 15) is 4.79 Å². The fourth-order valence-electron chi connectivity index (χ4n) is 3.52. The molecular formula is C19H23ClN2O2. The second-order valence-electron chi connectivity index (χ2n) is 7.09. The summed E-state index contributed by atoms with van der Waals surface area (Å²) < 4.78 is 6.15. The summed E-state index contributed by atoms with van der Waals surface area (Å²) in [4.78, 5) is 14.5. The number of nitrogens with one attached hydrogen (secondary N) is 2. The molecule has 2 aliphatic rings. The summed E-state index contributed by atoms with van der Waals surface area (Å²) in [6.45, 7) is 1.18. The second-order valence-corrected chi connectivity index (χ2v) is 7.47. The third-order valence-electron chi connectivity index (χ3n) is 5.21. The lowest BCUT2D eigenvalue weighted by molar-refractivity contribution is 0.139. The molecule has 0 radical (unpaired) electrons. The quantitative estimate of drug-likeness (QED) is 0.864. The van der Waals surface area contributed by atoms with Crippen molar-refractivity contribution >= 4 is 22.4 Å². The minimum atomic E-state index is -0.122. The molecule has 4 rings (SSSR count). The van der Waals surface area contributed by atoms with Crippen molar-refractivity contribution in [3.8, 4) is 5.75 Å². The zero-order valence-corrected chi connectivity index (χ0v) is 14.4. The molecule has 128 valence electrons. The van der Waals surface area contributed by atoms with E-state index in [0.29, 0.717) is 22.2 Å². The molecule has 4 nitrogen and oxygen atoms in total. The minimum absolute atomic E-state index is 0.122. The number of rotatable bonds is 5. The van der Waals surface area contributed by atoms with Gasteiger partial charge in [0, 0.05) is 23.0 Å². The lowest BCUT2D eigenvalue weighted by Gasteiger charge is -2.30. The summed E-state index contributed by atoms with van der Waals surface area (Å²) in [7, 11) is 0. The van der Waals surface area contributed by atoms with Crippen molar-refractivity contribution < 1.29 is 4.74 Å². The van der Waals surface area contributed by atoms with Gasteiger partial charge in [0.2, 0.25) is 0 Å². The number of fused-ring (bicyclic) bond motifs is 1. The summed E-state index contributed by atoms with van der Waals surface area (Å²) in [6.07, 6.45) is 9.03. The van der Waals surface area contributed by atoms with Gasteiger partial charge in [0.1, 0.15) is 5.75 Å². The third kappa shape index (κ3) is 3.45. The molecule has 0 amide bonds. The Morgan fingerprint density at radius 3 is 2.62 bits per heavy atom. The van der Waals surface area contributed by atoms with Crippen LogP contribution < -0.4 is 15.6 Å². The zero-order chi connectivity index (χ0) is 16.5. The van der Waals surface area contributed by atoms with Gasteiger partial charge in [-0.1, -0.05) is 11.6 Å². The van der Waals surface area contributed by atoms with Gasteiger partial charge < -0.3 is 15.0 Å². The van der Waals surface area contributed by atoms with Crippen molar-refractivity contribution in [1.82, 2.24) is 10.3 Å². The third-order valence-corrected chi connectivity index (χ3v) is 5.60. The van der Waals surface area contributed by atoms with Crippen LogP contribution in [0.15, 0.2) is 29.2 Å². The Morgan fingerprint density at radius 1 is 1.08 bits per heavy atom. The van der Waals surface area contributed by atoms with Gasteiger partial charge in [-0.15, -0.1) is 0 Å². The SMILES string of the molecule is O=c1[nH]ccc2c(Cl)c(O[C@H]3CC[C@@H](NCC4CC4)CC3)ccc12. The van der Waals surface area contributed by atoms with E-state index in [4.69, 9.17) is 16.3 Å². The molecule has 0 atom stereocenters. The van der Waals surface area contributed by atoms with Gasteiger partial charge in [-0.2, -0.15) is 0 Å². The smallest absolute Gasteiger partial charge is 0.255 e. The highest BCUT2D eigenvalue weighted by Gasteiger charge is 2.26. The van der Waals surface area contributed by atoms with Crippen LogP contribution in [0.25, 0.3) is 10.8 Å². The highest BCUT2D eigenvalue weighted by atomic mass is 35.5. The fourth-order valence-corrected chi connectivity index (χ4v) is 3.80. The van der Waals surface area contributed by atoms with Crippen LogP contribution in [-0.2, 0) is 0 Å². The Hall–Kier alpha value is -1.52. The van der Waals surface area contributed by atoms with Gasteiger partial charge in [-0.3, -0.25) is 4.79 Å². The molecule has 0 saturated heterocycles. The van der Waals surface area contributed by atoms with Crippen LogP contribution in [0.3, 0.4) is 0 Å². The molecule has 2 saturated carbocycles. The van der Waals surface area contributed by atoms with Crippen molar-refractivity contribution in [2.75, 3.05) is 6.54 Å². The van der Waals surface area contributed by atoms with Crippen LogP contribution in [0.4, 0.5) is 0 Å². The van der Waals surface area contributed by atoms with E-state index in [2.05, 4.69) is 10.3 Å². The van der Waals surface area contributed by atoms with E-state index in [1.807, 2.05) is 12.1 Å². The standard InChI is InChI=1S/C19H23ClN2O2/c20-18-15-9-10-21-19(23)16(15)7-8-17(18)24-14-5-3-13(4-6-14)22-11-12-1-2-12/h7-10,12-14,22H,1-6,11H2,(H,21,23)/t13-,14+. The topological polar surface area (TPSA) is 54.1 Å². The van der Waals surface area contributed by atoms with Crippen molar-refractivity contribution in [2.45, 2.75) is 50.7 Å². The molecule has 0 aliphatic heterocycles. The number of H-pyrrole nitrogens is 1. The van der Waals surface area contributed by atoms with Gasteiger partial charge in [-0.25, -0.2) is 0 Å². The average molecular weight is 347 g/mol. The average Bonchev–Trinajstić information content (AvgIpc) is 3.42. The first kappa shape index (κ1) is 16.0. The highest BCUT2D eigenvalue weighted by molar-refractivity contribution is 6.37. The summed E-state index contributed by atoms with van der Waals surface area (Å²) in [5.74, 6) is 1.61. The molecule has 0 bridgehead atoms. The van der Waals surface area contributed by atoms with E-state index >= 15 is 0 Å². The second kappa shape index (κ2) is 6.77. The molecule has 2 N–H and O–H groups in total. The predicted octanol–water partition coefficient (Wildman–Crippen LogP) is 3.87. The number of hydrogen-bond acceptors (Lipinski definition) is 3. The van der Waals surface area contributed by atoms with Crippen LogP contribution in [0.2, 0.25) is 5.02 Å². The fraction of sp³-hybridized carbons (Fsp3) is 0.526. The first-order valence-electron chi connectivity index (χ1n) is 8.90. The summed E-state index contributed by atoms with van der Waals surface area (Å²) in [5.41, 5.74) is -0.122. The van der Waals surface area contributed by atoms with Gasteiger partial charge in [0.25, 0.3) is 5.56 Å². The monoisotopic (exact) mass is 346 g/mol. The molecule has 5 heteroatoms. The Bertz CT molecular complexity index is 777. The van der Waals surface area contributed by atoms with E-state index in [1.54, 1.807) is 12.3 Å². The number of ether oxygens (including phenoxy) is 1. The number of pyridine rings is 1. The van der Waals surface area contributed by atoms with Crippen LogP contribution in [0.5, 0.6) is 5.75 Å². The zero-order valence-electron chi connectivity index (χ0n) is 13.7. The van der Waals surface area contributed by atoms with E-state index in [1.165, 1.54) is 19.4 Å². The molecule has 1 heterocycles. The molecule has 2 aromatic rings. The van der Waals surface area contributed by atoms with Gasteiger partial charge >= 0.3 is 0 Å².